The lowest BCUT2D eigenvalue weighted by atomic mass is 10.2. The first kappa shape index (κ1) is 13.9. The van der Waals surface area contributed by atoms with Crippen molar-refractivity contribution < 1.29 is 4.74 Å². The fourth-order valence-electron chi connectivity index (χ4n) is 1.56. The summed E-state index contributed by atoms with van der Waals surface area (Å²) in [6, 6.07) is 13.0. The first-order valence-electron chi connectivity index (χ1n) is 5.94. The lowest BCUT2D eigenvalue weighted by Crippen LogP contribution is -1.96. The van der Waals surface area contributed by atoms with E-state index >= 15 is 0 Å². The molecule has 0 aliphatic carbocycles. The molecule has 0 aliphatic heterocycles. The van der Waals surface area contributed by atoms with Gasteiger partial charge in [0.2, 0.25) is 0 Å². The van der Waals surface area contributed by atoms with Crippen LogP contribution in [0.5, 0.6) is 5.75 Å². The van der Waals surface area contributed by atoms with E-state index in [1.165, 1.54) is 0 Å². The fraction of sp³-hybridized carbons (Fsp3) is 0.125. The normalized spacial score (nSPS) is 9.20. The number of pyridine rings is 1. The molecule has 2 rings (SSSR count). The summed E-state index contributed by atoms with van der Waals surface area (Å²) < 4.78 is 5.64. The third-order valence-electron chi connectivity index (χ3n) is 2.50. The molecule has 0 unspecified atom stereocenters. The maximum Gasteiger partial charge on any atom is 0.140 e. The maximum absolute atomic E-state index is 8.77. The zero-order chi connectivity index (χ0) is 14.2. The first-order chi connectivity index (χ1) is 9.81. The minimum atomic E-state index is 0.321. The molecule has 3 nitrogen and oxygen atoms in total. The Balaban J connectivity index is 1.98. The van der Waals surface area contributed by atoms with E-state index in [0.717, 1.165) is 16.9 Å². The van der Waals surface area contributed by atoms with Crippen molar-refractivity contribution in [1.29, 1.82) is 5.26 Å². The van der Waals surface area contributed by atoms with Crippen molar-refractivity contribution in [1.82, 2.24) is 4.98 Å². The van der Waals surface area contributed by atoms with Crippen LogP contribution in [0, 0.1) is 23.2 Å². The lowest BCUT2D eigenvalue weighted by Gasteiger charge is -2.06. The van der Waals surface area contributed by atoms with Crippen molar-refractivity contribution in [3.8, 4) is 23.7 Å². The smallest absolute Gasteiger partial charge is 0.140 e. The molecule has 0 bridgehead atoms. The Hall–Kier alpha value is -2.49. The van der Waals surface area contributed by atoms with Gasteiger partial charge in [0.15, 0.2) is 0 Å². The Kier molecular flexibility index (Phi) is 5.00. The summed E-state index contributed by atoms with van der Waals surface area (Å²) in [6.45, 7) is 0.393. The van der Waals surface area contributed by atoms with Gasteiger partial charge in [0.05, 0.1) is 5.88 Å². The predicted octanol–water partition coefficient (Wildman–Crippen LogP) is 3.12. The van der Waals surface area contributed by atoms with Crippen molar-refractivity contribution in [2.45, 2.75) is 6.61 Å². The van der Waals surface area contributed by atoms with Gasteiger partial charge in [0, 0.05) is 11.8 Å². The van der Waals surface area contributed by atoms with Crippen LogP contribution >= 0.6 is 11.6 Å². The number of alkyl halides is 1. The van der Waals surface area contributed by atoms with E-state index in [9.17, 15) is 0 Å². The highest BCUT2D eigenvalue weighted by atomic mass is 35.5. The van der Waals surface area contributed by atoms with Gasteiger partial charge in [-0.1, -0.05) is 11.8 Å². The summed E-state index contributed by atoms with van der Waals surface area (Å²) in [5.74, 6) is 6.79. The van der Waals surface area contributed by atoms with Gasteiger partial charge >= 0.3 is 0 Å². The van der Waals surface area contributed by atoms with E-state index in [-0.39, 0.29) is 0 Å². The monoisotopic (exact) mass is 282 g/mol. The van der Waals surface area contributed by atoms with Crippen molar-refractivity contribution in [3.63, 3.8) is 0 Å². The van der Waals surface area contributed by atoms with Crippen LogP contribution in [0.1, 0.15) is 16.8 Å². The van der Waals surface area contributed by atoms with Crippen LogP contribution in [-0.2, 0) is 6.61 Å². The number of hydrogen-bond acceptors (Lipinski definition) is 3. The molecule has 0 N–H and O–H groups in total. The highest BCUT2D eigenvalue weighted by molar-refractivity contribution is 6.19. The second kappa shape index (κ2) is 7.19. The number of halogens is 1. The zero-order valence-electron chi connectivity index (χ0n) is 10.6. The molecule has 0 amide bonds. The number of nitrogens with zero attached hydrogens (tertiary/aromatic N) is 2. The number of benzene rings is 1. The number of rotatable bonds is 3. The van der Waals surface area contributed by atoms with E-state index in [4.69, 9.17) is 21.6 Å². The number of hydrogen-bond donors (Lipinski definition) is 0. The molecule has 20 heavy (non-hydrogen) atoms. The summed E-state index contributed by atoms with van der Waals surface area (Å²) in [7, 11) is 0. The molecule has 0 spiro atoms. The molecule has 4 heteroatoms. The van der Waals surface area contributed by atoms with Gasteiger partial charge < -0.3 is 4.74 Å². The van der Waals surface area contributed by atoms with Crippen LogP contribution in [0.15, 0.2) is 42.6 Å². The van der Waals surface area contributed by atoms with Gasteiger partial charge in [-0.25, -0.2) is 4.98 Å². The van der Waals surface area contributed by atoms with Gasteiger partial charge in [0.25, 0.3) is 0 Å². The second-order valence-corrected chi connectivity index (χ2v) is 4.18. The SMILES string of the molecule is N#Cc1cc(COc2ccc(C#CCCl)cc2)ccn1. The van der Waals surface area contributed by atoms with Crippen LogP contribution in [0.4, 0.5) is 0 Å². The third-order valence-corrected chi connectivity index (χ3v) is 2.63. The molecule has 0 radical (unpaired) electrons. The largest absolute Gasteiger partial charge is 0.489 e. The average molecular weight is 283 g/mol. The standard InChI is InChI=1S/C16H11ClN2O/c17-8-1-2-13-3-5-16(6-4-13)20-12-14-7-9-19-15(10-14)11-18/h3-7,9-10H,8,12H2. The van der Waals surface area contributed by atoms with Crippen molar-refractivity contribution >= 4 is 11.6 Å². The summed E-state index contributed by atoms with van der Waals surface area (Å²) in [5, 5.41) is 8.77. The molecule has 2 aromatic rings. The second-order valence-electron chi connectivity index (χ2n) is 3.91. The van der Waals surface area contributed by atoms with E-state index in [0.29, 0.717) is 18.2 Å². The molecular weight excluding hydrogens is 272 g/mol. The highest BCUT2D eigenvalue weighted by Crippen LogP contribution is 2.14. The Bertz CT molecular complexity index is 678. The van der Waals surface area contributed by atoms with Crippen LogP contribution in [0.25, 0.3) is 0 Å². The van der Waals surface area contributed by atoms with Crippen LogP contribution in [0.2, 0.25) is 0 Å². The van der Waals surface area contributed by atoms with Crippen LogP contribution in [0.3, 0.4) is 0 Å². The molecule has 0 fully saturated rings. The highest BCUT2D eigenvalue weighted by Gasteiger charge is 1.98. The Morgan fingerprint density at radius 3 is 2.70 bits per heavy atom. The Morgan fingerprint density at radius 1 is 1.20 bits per heavy atom. The number of nitriles is 1. The fourth-order valence-corrected chi connectivity index (χ4v) is 1.63. The molecule has 1 aromatic heterocycles. The van der Waals surface area contributed by atoms with Crippen molar-refractivity contribution in [3.05, 3.63) is 59.4 Å². The molecular formula is C16H11ClN2O. The average Bonchev–Trinajstić information content (AvgIpc) is 2.52. The molecule has 98 valence electrons. The van der Waals surface area contributed by atoms with Gasteiger partial charge in [-0.3, -0.25) is 0 Å². The van der Waals surface area contributed by atoms with Crippen LogP contribution in [-0.4, -0.2) is 10.9 Å². The number of ether oxygens (including phenoxy) is 1. The zero-order valence-corrected chi connectivity index (χ0v) is 11.4. The predicted molar refractivity (Wildman–Crippen MR) is 77.3 cm³/mol. The van der Waals surface area contributed by atoms with Crippen LogP contribution < -0.4 is 4.74 Å². The molecule has 1 aromatic carbocycles. The van der Waals surface area contributed by atoms with E-state index in [1.54, 1.807) is 12.3 Å². The van der Waals surface area contributed by atoms with E-state index in [1.807, 2.05) is 36.4 Å². The summed E-state index contributed by atoms with van der Waals surface area (Å²) in [4.78, 5) is 3.91. The first-order valence-corrected chi connectivity index (χ1v) is 6.48. The van der Waals surface area contributed by atoms with Gasteiger partial charge in [-0.05, 0) is 42.0 Å². The molecule has 0 atom stereocenters. The summed E-state index contributed by atoms with van der Waals surface area (Å²) in [6.07, 6.45) is 1.60. The lowest BCUT2D eigenvalue weighted by molar-refractivity contribution is 0.306. The quantitative estimate of drug-likeness (QED) is 0.642. The third kappa shape index (κ3) is 4.02. The van der Waals surface area contributed by atoms with E-state index in [2.05, 4.69) is 16.8 Å². The molecule has 1 heterocycles. The molecule has 0 saturated heterocycles. The van der Waals surface area contributed by atoms with Gasteiger partial charge in [0.1, 0.15) is 24.1 Å². The minimum absolute atomic E-state index is 0.321. The topological polar surface area (TPSA) is 45.9 Å². The van der Waals surface area contributed by atoms with E-state index < -0.39 is 0 Å². The summed E-state index contributed by atoms with van der Waals surface area (Å²) in [5.41, 5.74) is 2.19. The van der Waals surface area contributed by atoms with Gasteiger partial charge in [-0.15, -0.1) is 11.6 Å². The van der Waals surface area contributed by atoms with Gasteiger partial charge in [-0.2, -0.15) is 5.26 Å². The number of aromatic nitrogens is 1. The maximum atomic E-state index is 8.77. The molecule has 0 aliphatic rings. The van der Waals surface area contributed by atoms with Crippen molar-refractivity contribution in [2.75, 3.05) is 5.88 Å². The Labute approximate surface area is 122 Å². The van der Waals surface area contributed by atoms with Crippen molar-refractivity contribution in [2.24, 2.45) is 0 Å². The minimum Gasteiger partial charge on any atom is -0.489 e. The molecule has 0 saturated carbocycles. The summed E-state index contributed by atoms with van der Waals surface area (Å²) >= 11 is 5.50. The Morgan fingerprint density at radius 2 is 2.00 bits per heavy atom.